The molecule has 0 radical (unpaired) electrons. The largest absolute Gasteiger partial charge is 0.472 e. The van der Waals surface area contributed by atoms with Crippen LogP contribution < -0.4 is 0 Å². The lowest BCUT2D eigenvalue weighted by atomic mass is 9.85. The molecule has 0 heterocycles. The molecule has 0 spiro atoms. The van der Waals surface area contributed by atoms with Gasteiger partial charge < -0.3 is 39.9 Å². The molecule has 0 aromatic heterocycles. The molecule has 1 fully saturated rings. The van der Waals surface area contributed by atoms with Crippen molar-refractivity contribution in [3.05, 3.63) is 97.2 Å². The minimum absolute atomic E-state index is 0.0953. The summed E-state index contributed by atoms with van der Waals surface area (Å²) in [4.78, 5) is 23.3. The molecule has 6 atom stereocenters. The van der Waals surface area contributed by atoms with E-state index in [9.17, 15) is 39.8 Å². The van der Waals surface area contributed by atoms with E-state index in [2.05, 4.69) is 111 Å². The van der Waals surface area contributed by atoms with Crippen LogP contribution >= 0.6 is 7.82 Å². The van der Waals surface area contributed by atoms with Gasteiger partial charge in [0.1, 0.15) is 42.7 Å². The number of aliphatic hydroxyl groups is 5. The molecule has 1 aliphatic carbocycles. The number of carbonyl (C=O) groups is 1. The monoisotopic (exact) mass is 1000 g/mol. The Morgan fingerprint density at radius 3 is 1.29 bits per heavy atom. The van der Waals surface area contributed by atoms with Gasteiger partial charge in [-0.25, -0.2) is 4.57 Å². The zero-order chi connectivity index (χ0) is 51.2. The Labute approximate surface area is 424 Å². The van der Waals surface area contributed by atoms with E-state index in [4.69, 9.17) is 18.5 Å². The van der Waals surface area contributed by atoms with Crippen molar-refractivity contribution in [2.75, 3.05) is 19.8 Å². The fourth-order valence-electron chi connectivity index (χ4n) is 7.68. The Balaban J connectivity index is 2.36. The number of phosphoric ester groups is 1. The highest BCUT2D eigenvalue weighted by Gasteiger charge is 2.51. The molecule has 0 amide bonds. The molecule has 0 bridgehead atoms. The van der Waals surface area contributed by atoms with Gasteiger partial charge in [0.05, 0.1) is 13.2 Å². The first-order valence-corrected chi connectivity index (χ1v) is 28.6. The molecule has 6 unspecified atom stereocenters. The summed E-state index contributed by atoms with van der Waals surface area (Å²) >= 11 is 0. The van der Waals surface area contributed by atoms with Crippen LogP contribution in [0.15, 0.2) is 97.2 Å². The molecule has 0 aromatic carbocycles. The molecule has 12 nitrogen and oxygen atoms in total. The maximum atomic E-state index is 12.9. The SMILES string of the molecule is CC/C=C\C/C=C\C/C=C\C/C=C\C/C=C\C/C=C\CCCCCCC(=O)OC(COCCCCCCCCCCCC/C=C\C/C=C\CCCCC)COP(=O)(O)OC1C(O)C(O)C(O)C(O)C1O. The second-order valence-corrected chi connectivity index (χ2v) is 19.7. The number of carbonyl (C=O) groups excluding carboxylic acids is 1. The molecular weight excluding hydrogens is 908 g/mol. The number of hydrogen-bond acceptors (Lipinski definition) is 11. The molecule has 6 N–H and O–H groups in total. The number of ether oxygens (including phenoxy) is 2. The van der Waals surface area contributed by atoms with Crippen LogP contribution in [0.2, 0.25) is 0 Å². The Bertz CT molecular complexity index is 1520. The lowest BCUT2D eigenvalue weighted by Gasteiger charge is -2.41. The van der Waals surface area contributed by atoms with Gasteiger partial charge in [-0.15, -0.1) is 0 Å². The standard InChI is InChI=1S/C57H97O12P/c1-3-5-7-9-11-13-15-17-19-21-23-25-26-27-28-30-32-34-36-38-40-42-44-46-51(58)68-50(49-67-70(64,65)69-57-55(62)53(60)52(59)54(61)56(57)63)48-66-47-45-43-41-39-37-35-33-31-29-24-22-20-18-16-14-12-10-8-6-4-2/h5,7,11-14,17-20,23,25,27-28,32,34,50,52-57,59-63H,3-4,6,8-10,15-16,21-22,24,26,29-31,33,35-49H2,1-2H3,(H,64,65)/b7-5-,13-11-,14-12-,19-17-,20-18-,25-23-,28-27-,34-32-. The molecule has 70 heavy (non-hydrogen) atoms. The Morgan fingerprint density at radius 2 is 0.843 bits per heavy atom. The third-order valence-electron chi connectivity index (χ3n) is 11.9. The van der Waals surface area contributed by atoms with Gasteiger partial charge in [0, 0.05) is 13.0 Å². The molecular formula is C57H97O12P. The van der Waals surface area contributed by atoms with Gasteiger partial charge in [-0.1, -0.05) is 188 Å². The van der Waals surface area contributed by atoms with Crippen LogP contribution in [-0.2, 0) is 27.9 Å². The minimum Gasteiger partial charge on any atom is -0.457 e. The number of hydrogen-bond donors (Lipinski definition) is 6. The van der Waals surface area contributed by atoms with E-state index < -0.39 is 63.1 Å². The molecule has 0 saturated heterocycles. The third-order valence-corrected chi connectivity index (χ3v) is 12.9. The first kappa shape index (κ1) is 65.3. The van der Waals surface area contributed by atoms with E-state index in [0.29, 0.717) is 13.0 Å². The van der Waals surface area contributed by atoms with Gasteiger partial charge in [0.15, 0.2) is 0 Å². The summed E-state index contributed by atoms with van der Waals surface area (Å²) in [6.07, 6.45) is 51.8. The van der Waals surface area contributed by atoms with Crippen molar-refractivity contribution in [2.24, 2.45) is 0 Å². The van der Waals surface area contributed by atoms with Crippen molar-refractivity contribution in [1.82, 2.24) is 0 Å². The van der Waals surface area contributed by atoms with Crippen LogP contribution in [0.5, 0.6) is 0 Å². The van der Waals surface area contributed by atoms with Crippen LogP contribution in [0.1, 0.15) is 194 Å². The van der Waals surface area contributed by atoms with E-state index >= 15 is 0 Å². The van der Waals surface area contributed by atoms with Gasteiger partial charge in [0.25, 0.3) is 0 Å². The fraction of sp³-hybridized carbons (Fsp3) is 0.702. The van der Waals surface area contributed by atoms with Crippen molar-refractivity contribution < 1.29 is 58.3 Å². The number of esters is 1. The van der Waals surface area contributed by atoms with Crippen LogP contribution in [0.25, 0.3) is 0 Å². The highest BCUT2D eigenvalue weighted by Crippen LogP contribution is 2.47. The molecule has 1 aliphatic rings. The lowest BCUT2D eigenvalue weighted by Crippen LogP contribution is -2.64. The Morgan fingerprint density at radius 1 is 0.471 bits per heavy atom. The predicted octanol–water partition coefficient (Wildman–Crippen LogP) is 12.6. The average Bonchev–Trinajstić information content (AvgIpc) is 3.35. The van der Waals surface area contributed by atoms with Gasteiger partial charge in [-0.3, -0.25) is 13.8 Å². The van der Waals surface area contributed by atoms with E-state index in [1.807, 2.05) is 0 Å². The molecule has 13 heteroatoms. The number of aliphatic hydroxyl groups excluding tert-OH is 5. The van der Waals surface area contributed by atoms with Gasteiger partial charge in [0.2, 0.25) is 0 Å². The fourth-order valence-corrected chi connectivity index (χ4v) is 8.66. The van der Waals surface area contributed by atoms with E-state index in [-0.39, 0.29) is 13.0 Å². The average molecular weight is 1010 g/mol. The Kier molecular flexibility index (Phi) is 43.0. The summed E-state index contributed by atoms with van der Waals surface area (Å²) in [5, 5.41) is 50.4. The van der Waals surface area contributed by atoms with Gasteiger partial charge in [-0.2, -0.15) is 0 Å². The van der Waals surface area contributed by atoms with Crippen molar-refractivity contribution in [3.8, 4) is 0 Å². The van der Waals surface area contributed by atoms with Gasteiger partial charge >= 0.3 is 13.8 Å². The van der Waals surface area contributed by atoms with Crippen LogP contribution in [-0.4, -0.2) is 98.9 Å². The molecule has 1 saturated carbocycles. The predicted molar refractivity (Wildman–Crippen MR) is 285 cm³/mol. The lowest BCUT2D eigenvalue weighted by molar-refractivity contribution is -0.220. The summed E-state index contributed by atoms with van der Waals surface area (Å²) in [7, 11) is -5.04. The maximum absolute atomic E-state index is 12.9. The molecule has 0 aromatic rings. The summed E-state index contributed by atoms with van der Waals surface area (Å²) < 4.78 is 34.3. The van der Waals surface area contributed by atoms with E-state index in [1.165, 1.54) is 64.2 Å². The first-order valence-electron chi connectivity index (χ1n) is 27.1. The second kappa shape index (κ2) is 46.1. The van der Waals surface area contributed by atoms with E-state index in [0.717, 1.165) is 103 Å². The molecule has 1 rings (SSSR count). The van der Waals surface area contributed by atoms with Gasteiger partial charge in [-0.05, 0) is 96.3 Å². The number of allylic oxidation sites excluding steroid dienone is 16. The van der Waals surface area contributed by atoms with E-state index in [1.54, 1.807) is 0 Å². The quantitative estimate of drug-likeness (QED) is 0.0147. The highest BCUT2D eigenvalue weighted by atomic mass is 31.2. The number of unbranched alkanes of at least 4 members (excludes halogenated alkanes) is 17. The summed E-state index contributed by atoms with van der Waals surface area (Å²) in [5.74, 6) is -0.505. The molecule has 0 aliphatic heterocycles. The minimum atomic E-state index is -5.04. The van der Waals surface area contributed by atoms with Crippen molar-refractivity contribution in [3.63, 3.8) is 0 Å². The second-order valence-electron chi connectivity index (χ2n) is 18.3. The Hall–Kier alpha value is -2.74. The van der Waals surface area contributed by atoms with Crippen molar-refractivity contribution in [2.45, 2.75) is 236 Å². The summed E-state index contributed by atoms with van der Waals surface area (Å²) in [6, 6.07) is 0. The van der Waals surface area contributed by atoms with Crippen LogP contribution in [0, 0.1) is 0 Å². The van der Waals surface area contributed by atoms with Crippen molar-refractivity contribution >= 4 is 13.8 Å². The van der Waals surface area contributed by atoms with Crippen LogP contribution in [0.4, 0.5) is 0 Å². The third kappa shape index (κ3) is 37.1. The zero-order valence-corrected chi connectivity index (χ0v) is 44.2. The summed E-state index contributed by atoms with van der Waals surface area (Å²) in [5.41, 5.74) is 0. The summed E-state index contributed by atoms with van der Waals surface area (Å²) in [6.45, 7) is 4.09. The number of phosphoric acid groups is 1. The smallest absolute Gasteiger partial charge is 0.457 e. The number of rotatable bonds is 45. The first-order chi connectivity index (χ1) is 34.0. The molecule has 402 valence electrons. The topological polar surface area (TPSA) is 192 Å². The maximum Gasteiger partial charge on any atom is 0.472 e. The zero-order valence-electron chi connectivity index (χ0n) is 43.3. The van der Waals surface area contributed by atoms with Crippen molar-refractivity contribution in [1.29, 1.82) is 0 Å². The normalized spacial score (nSPS) is 21.7. The van der Waals surface area contributed by atoms with Crippen LogP contribution in [0.3, 0.4) is 0 Å². The highest BCUT2D eigenvalue weighted by molar-refractivity contribution is 7.47.